The highest BCUT2D eigenvalue weighted by Crippen LogP contribution is 2.14. The van der Waals surface area contributed by atoms with Gasteiger partial charge in [-0.25, -0.2) is 4.79 Å². The molecule has 0 heterocycles. The molecule has 0 aromatic heterocycles. The van der Waals surface area contributed by atoms with Crippen LogP contribution in [0.15, 0.2) is 72.9 Å². The summed E-state index contributed by atoms with van der Waals surface area (Å²) in [6.07, 6.45) is 3.01. The molecule has 2 aromatic rings. The Labute approximate surface area is 146 Å². The quantitative estimate of drug-likeness (QED) is 0.479. The van der Waals surface area contributed by atoms with Crippen LogP contribution in [0.3, 0.4) is 0 Å². The lowest BCUT2D eigenvalue weighted by atomic mass is 10.1. The van der Waals surface area contributed by atoms with E-state index >= 15 is 0 Å². The average molecular weight is 337 g/mol. The summed E-state index contributed by atoms with van der Waals surface area (Å²) in [5, 5.41) is 2.60. The number of methoxy groups -OCH3 is 1. The van der Waals surface area contributed by atoms with Crippen molar-refractivity contribution >= 4 is 18.0 Å². The topological polar surface area (TPSA) is 64.6 Å². The zero-order chi connectivity index (χ0) is 18.1. The van der Waals surface area contributed by atoms with Gasteiger partial charge in [0, 0.05) is 5.56 Å². The van der Waals surface area contributed by atoms with Gasteiger partial charge in [0.2, 0.25) is 0 Å². The Morgan fingerprint density at radius 2 is 1.76 bits per heavy atom. The SMILES string of the molecule is C=CCOC(=O)/C(=C\c1ccc(OC)cc1)NC(=O)c1ccccc1. The lowest BCUT2D eigenvalue weighted by Gasteiger charge is -2.10. The van der Waals surface area contributed by atoms with Crippen LogP contribution >= 0.6 is 0 Å². The van der Waals surface area contributed by atoms with Crippen LogP contribution < -0.4 is 10.1 Å². The van der Waals surface area contributed by atoms with Crippen molar-refractivity contribution in [2.75, 3.05) is 13.7 Å². The van der Waals surface area contributed by atoms with E-state index in [-0.39, 0.29) is 12.3 Å². The molecule has 2 rings (SSSR count). The summed E-state index contributed by atoms with van der Waals surface area (Å²) in [6, 6.07) is 15.7. The lowest BCUT2D eigenvalue weighted by Crippen LogP contribution is -2.28. The molecule has 0 bridgehead atoms. The molecule has 0 fully saturated rings. The van der Waals surface area contributed by atoms with Gasteiger partial charge in [0.05, 0.1) is 7.11 Å². The van der Waals surface area contributed by atoms with Crippen LogP contribution in [0.4, 0.5) is 0 Å². The van der Waals surface area contributed by atoms with E-state index < -0.39 is 11.9 Å². The molecule has 0 aliphatic rings. The zero-order valence-electron chi connectivity index (χ0n) is 13.9. The minimum absolute atomic E-state index is 0.0425. The molecule has 0 aliphatic heterocycles. The molecule has 1 N–H and O–H groups in total. The first-order valence-electron chi connectivity index (χ1n) is 7.64. The van der Waals surface area contributed by atoms with E-state index in [1.807, 2.05) is 6.07 Å². The van der Waals surface area contributed by atoms with Gasteiger partial charge in [0.15, 0.2) is 0 Å². The highest BCUT2D eigenvalue weighted by atomic mass is 16.5. The largest absolute Gasteiger partial charge is 0.497 e. The van der Waals surface area contributed by atoms with E-state index in [0.29, 0.717) is 11.3 Å². The van der Waals surface area contributed by atoms with Crippen LogP contribution in [0.1, 0.15) is 15.9 Å². The molecule has 0 spiro atoms. The molecule has 0 radical (unpaired) electrons. The number of benzene rings is 2. The summed E-state index contributed by atoms with van der Waals surface area (Å²) >= 11 is 0. The fraction of sp³-hybridized carbons (Fsp3) is 0.100. The van der Waals surface area contributed by atoms with Crippen molar-refractivity contribution in [1.29, 1.82) is 0 Å². The van der Waals surface area contributed by atoms with Crippen molar-refractivity contribution < 1.29 is 19.1 Å². The maximum atomic E-state index is 12.3. The Kier molecular flexibility index (Phi) is 6.54. The molecule has 25 heavy (non-hydrogen) atoms. The minimum Gasteiger partial charge on any atom is -0.497 e. The summed E-state index contributed by atoms with van der Waals surface area (Å²) in [6.45, 7) is 3.56. The number of ether oxygens (including phenoxy) is 2. The number of esters is 1. The molecule has 0 atom stereocenters. The van der Waals surface area contributed by atoms with Gasteiger partial charge in [-0.05, 0) is 35.9 Å². The maximum absolute atomic E-state index is 12.3. The van der Waals surface area contributed by atoms with E-state index in [1.54, 1.807) is 61.7 Å². The fourth-order valence-corrected chi connectivity index (χ4v) is 2.01. The second-order valence-electron chi connectivity index (χ2n) is 5.04. The first-order chi connectivity index (χ1) is 12.1. The first-order valence-corrected chi connectivity index (χ1v) is 7.64. The Hall–Kier alpha value is -3.34. The Morgan fingerprint density at radius 1 is 1.08 bits per heavy atom. The molecule has 0 saturated carbocycles. The monoisotopic (exact) mass is 337 g/mol. The van der Waals surface area contributed by atoms with Gasteiger partial charge >= 0.3 is 5.97 Å². The van der Waals surface area contributed by atoms with E-state index in [9.17, 15) is 9.59 Å². The van der Waals surface area contributed by atoms with Gasteiger partial charge in [-0.2, -0.15) is 0 Å². The smallest absolute Gasteiger partial charge is 0.355 e. The molecule has 0 aliphatic carbocycles. The molecule has 0 saturated heterocycles. The molecule has 128 valence electrons. The molecular weight excluding hydrogens is 318 g/mol. The van der Waals surface area contributed by atoms with Crippen LogP contribution in [0.5, 0.6) is 5.75 Å². The van der Waals surface area contributed by atoms with Gasteiger partial charge < -0.3 is 14.8 Å². The lowest BCUT2D eigenvalue weighted by molar-refractivity contribution is -0.138. The second-order valence-corrected chi connectivity index (χ2v) is 5.04. The third-order valence-electron chi connectivity index (χ3n) is 3.26. The molecule has 5 nitrogen and oxygen atoms in total. The molecule has 2 aromatic carbocycles. The third kappa shape index (κ3) is 5.35. The average Bonchev–Trinajstić information content (AvgIpc) is 2.66. The number of amides is 1. The standard InChI is InChI=1S/C20H19NO4/c1-3-13-25-20(23)18(14-15-9-11-17(24-2)12-10-15)21-19(22)16-7-5-4-6-8-16/h3-12,14H,1,13H2,2H3,(H,21,22)/b18-14+. The second kappa shape index (κ2) is 9.08. The van der Waals surface area contributed by atoms with Crippen molar-refractivity contribution in [2.45, 2.75) is 0 Å². The Balaban J connectivity index is 2.25. The van der Waals surface area contributed by atoms with Gasteiger partial charge in [0.25, 0.3) is 5.91 Å². The maximum Gasteiger partial charge on any atom is 0.355 e. The first kappa shape index (κ1) is 18.0. The predicted molar refractivity (Wildman–Crippen MR) is 96.0 cm³/mol. The number of hydrogen-bond acceptors (Lipinski definition) is 4. The van der Waals surface area contributed by atoms with E-state index in [2.05, 4.69) is 11.9 Å². The number of carbonyl (C=O) groups excluding carboxylic acids is 2. The number of hydrogen-bond donors (Lipinski definition) is 1. The van der Waals surface area contributed by atoms with Crippen molar-refractivity contribution in [3.63, 3.8) is 0 Å². The van der Waals surface area contributed by atoms with Gasteiger partial charge in [-0.15, -0.1) is 0 Å². The number of carbonyl (C=O) groups is 2. The summed E-state index contributed by atoms with van der Waals surface area (Å²) in [7, 11) is 1.57. The summed E-state index contributed by atoms with van der Waals surface area (Å²) in [5.41, 5.74) is 1.21. The normalized spacial score (nSPS) is 10.7. The minimum atomic E-state index is -0.639. The Morgan fingerprint density at radius 3 is 2.36 bits per heavy atom. The molecule has 5 heteroatoms. The van der Waals surface area contributed by atoms with Crippen LogP contribution in [0.25, 0.3) is 6.08 Å². The van der Waals surface area contributed by atoms with Crippen LogP contribution in [0, 0.1) is 0 Å². The number of nitrogens with one attached hydrogen (secondary N) is 1. The van der Waals surface area contributed by atoms with E-state index in [0.717, 1.165) is 5.56 Å². The van der Waals surface area contributed by atoms with Crippen molar-refractivity contribution in [3.8, 4) is 5.75 Å². The zero-order valence-corrected chi connectivity index (χ0v) is 13.9. The molecular formula is C20H19NO4. The van der Waals surface area contributed by atoms with Crippen LogP contribution in [0.2, 0.25) is 0 Å². The highest BCUT2D eigenvalue weighted by molar-refractivity contribution is 6.03. The highest BCUT2D eigenvalue weighted by Gasteiger charge is 2.15. The third-order valence-corrected chi connectivity index (χ3v) is 3.26. The van der Waals surface area contributed by atoms with Crippen LogP contribution in [-0.4, -0.2) is 25.6 Å². The summed E-state index contributed by atoms with van der Waals surface area (Å²) < 4.78 is 10.1. The summed E-state index contributed by atoms with van der Waals surface area (Å²) in [4.78, 5) is 24.5. The Bertz CT molecular complexity index is 764. The van der Waals surface area contributed by atoms with Gasteiger partial charge in [-0.3, -0.25) is 4.79 Å². The fourth-order valence-electron chi connectivity index (χ4n) is 2.01. The van der Waals surface area contributed by atoms with E-state index in [1.165, 1.54) is 6.08 Å². The van der Waals surface area contributed by atoms with E-state index in [4.69, 9.17) is 9.47 Å². The van der Waals surface area contributed by atoms with Gasteiger partial charge in [-0.1, -0.05) is 43.0 Å². The molecule has 1 amide bonds. The molecule has 0 unspecified atom stereocenters. The van der Waals surface area contributed by atoms with Crippen molar-refractivity contribution in [2.24, 2.45) is 0 Å². The predicted octanol–water partition coefficient (Wildman–Crippen LogP) is 3.20. The van der Waals surface area contributed by atoms with Crippen molar-refractivity contribution in [3.05, 3.63) is 84.1 Å². The number of rotatable bonds is 7. The van der Waals surface area contributed by atoms with Gasteiger partial charge in [0.1, 0.15) is 18.1 Å². The summed E-state index contributed by atoms with van der Waals surface area (Å²) in [5.74, 6) is -0.336. The van der Waals surface area contributed by atoms with Crippen LogP contribution in [-0.2, 0) is 9.53 Å². The van der Waals surface area contributed by atoms with Crippen molar-refractivity contribution in [1.82, 2.24) is 5.32 Å².